The normalized spacial score (nSPS) is 11.0. The number of carbonyl (C=O) groups is 3. The summed E-state index contributed by atoms with van der Waals surface area (Å²) in [4.78, 5) is 37.3. The highest BCUT2D eigenvalue weighted by Gasteiger charge is 2.32. The van der Waals surface area contributed by atoms with Gasteiger partial charge in [-0.15, -0.1) is 0 Å². The van der Waals surface area contributed by atoms with Crippen LogP contribution in [0.5, 0.6) is 0 Å². The molecule has 1 aromatic heterocycles. The molecule has 1 aromatic carbocycles. The van der Waals surface area contributed by atoms with Gasteiger partial charge < -0.3 is 14.2 Å². The van der Waals surface area contributed by atoms with E-state index in [4.69, 9.17) is 14.2 Å². The van der Waals surface area contributed by atoms with Gasteiger partial charge in [0.1, 0.15) is 5.60 Å². The molecule has 0 aliphatic rings. The molecule has 0 bridgehead atoms. The summed E-state index contributed by atoms with van der Waals surface area (Å²) >= 11 is 0. The van der Waals surface area contributed by atoms with Crippen molar-refractivity contribution in [3.63, 3.8) is 0 Å². The van der Waals surface area contributed by atoms with E-state index in [1.807, 2.05) is 6.07 Å². The minimum absolute atomic E-state index is 0.0796. The first-order valence-corrected chi connectivity index (χ1v) is 7.90. The molecule has 0 unspecified atom stereocenters. The van der Waals surface area contributed by atoms with E-state index in [2.05, 4.69) is 0 Å². The molecule has 1 heterocycles. The Bertz CT molecular complexity index is 830. The van der Waals surface area contributed by atoms with Crippen LogP contribution in [0.1, 0.15) is 41.6 Å². The van der Waals surface area contributed by atoms with Crippen LogP contribution in [-0.4, -0.2) is 42.4 Å². The van der Waals surface area contributed by atoms with Crippen molar-refractivity contribution in [3.05, 3.63) is 47.7 Å². The fourth-order valence-electron chi connectivity index (χ4n) is 2.39. The molecular formula is C19H21NO6. The highest BCUT2D eigenvalue weighted by Crippen LogP contribution is 2.28. The summed E-state index contributed by atoms with van der Waals surface area (Å²) in [6.07, 6.45) is -0.799. The molecule has 0 saturated heterocycles. The Morgan fingerprint density at radius 2 is 1.50 bits per heavy atom. The fraction of sp³-hybridized carbons (Fsp3) is 0.316. The zero-order chi connectivity index (χ0) is 19.5. The number of nitrogens with zero attached hydrogens (tertiary/aromatic N) is 1. The van der Waals surface area contributed by atoms with Crippen LogP contribution in [0.15, 0.2) is 36.4 Å². The van der Waals surface area contributed by atoms with Crippen molar-refractivity contribution in [2.24, 2.45) is 0 Å². The molecule has 7 nitrogen and oxygen atoms in total. The van der Waals surface area contributed by atoms with Gasteiger partial charge >= 0.3 is 18.0 Å². The van der Waals surface area contributed by atoms with E-state index in [1.165, 1.54) is 13.2 Å². The fourth-order valence-corrected chi connectivity index (χ4v) is 2.39. The summed E-state index contributed by atoms with van der Waals surface area (Å²) in [6, 6.07) is 10.3. The molecule has 26 heavy (non-hydrogen) atoms. The second-order valence-electron chi connectivity index (χ2n) is 6.46. The molecule has 0 N–H and O–H groups in total. The number of ether oxygens (including phenoxy) is 3. The third-order valence-corrected chi connectivity index (χ3v) is 3.43. The van der Waals surface area contributed by atoms with Crippen LogP contribution < -0.4 is 0 Å². The lowest BCUT2D eigenvalue weighted by Crippen LogP contribution is -2.30. The van der Waals surface area contributed by atoms with Gasteiger partial charge in [-0.25, -0.2) is 19.0 Å². The van der Waals surface area contributed by atoms with Gasteiger partial charge in [0, 0.05) is 0 Å². The highest BCUT2D eigenvalue weighted by molar-refractivity contribution is 6.06. The molecular weight excluding hydrogens is 338 g/mol. The second kappa shape index (κ2) is 7.43. The Hall–Kier alpha value is -3.09. The molecule has 0 radical (unpaired) electrons. The number of carbonyl (C=O) groups excluding carboxylic acids is 3. The average Bonchev–Trinajstić information content (AvgIpc) is 3.00. The molecule has 2 aromatic rings. The van der Waals surface area contributed by atoms with E-state index >= 15 is 0 Å². The van der Waals surface area contributed by atoms with Gasteiger partial charge in [-0.05, 0) is 32.4 Å². The molecule has 0 fully saturated rings. The Balaban J connectivity index is 2.78. The predicted octanol–water partition coefficient (Wildman–Crippen LogP) is 3.51. The first kappa shape index (κ1) is 19.2. The minimum atomic E-state index is -0.849. The Kier molecular flexibility index (Phi) is 5.50. The highest BCUT2D eigenvalue weighted by atomic mass is 16.6. The van der Waals surface area contributed by atoms with Crippen molar-refractivity contribution in [2.75, 3.05) is 14.2 Å². The summed E-state index contributed by atoms with van der Waals surface area (Å²) < 4.78 is 16.0. The van der Waals surface area contributed by atoms with E-state index < -0.39 is 23.6 Å². The third-order valence-electron chi connectivity index (χ3n) is 3.43. The summed E-state index contributed by atoms with van der Waals surface area (Å²) in [5.74, 6) is -1.61. The van der Waals surface area contributed by atoms with Gasteiger partial charge in [-0.2, -0.15) is 0 Å². The Labute approximate surface area is 151 Å². The van der Waals surface area contributed by atoms with Crippen LogP contribution in [0.25, 0.3) is 11.3 Å². The number of rotatable bonds is 3. The van der Waals surface area contributed by atoms with Crippen molar-refractivity contribution in [1.82, 2.24) is 4.57 Å². The SMILES string of the molecule is COC(=O)c1cc(-c2ccccc2)n(C(=O)OC(C)(C)C)c1C(=O)OC. The molecule has 0 aliphatic heterocycles. The van der Waals surface area contributed by atoms with Crippen LogP contribution in [-0.2, 0) is 14.2 Å². The number of hydrogen-bond acceptors (Lipinski definition) is 6. The molecule has 0 atom stereocenters. The lowest BCUT2D eigenvalue weighted by Gasteiger charge is -2.21. The van der Waals surface area contributed by atoms with Crippen LogP contribution in [0.4, 0.5) is 4.79 Å². The van der Waals surface area contributed by atoms with E-state index in [-0.39, 0.29) is 11.3 Å². The monoisotopic (exact) mass is 359 g/mol. The van der Waals surface area contributed by atoms with Crippen LogP contribution in [0.3, 0.4) is 0 Å². The largest absolute Gasteiger partial charge is 0.465 e. The van der Waals surface area contributed by atoms with Crippen LogP contribution in [0.2, 0.25) is 0 Å². The van der Waals surface area contributed by atoms with E-state index in [0.29, 0.717) is 11.3 Å². The lowest BCUT2D eigenvalue weighted by atomic mass is 10.1. The first-order valence-electron chi connectivity index (χ1n) is 7.90. The maximum Gasteiger partial charge on any atom is 0.419 e. The second-order valence-corrected chi connectivity index (χ2v) is 6.46. The van der Waals surface area contributed by atoms with Crippen molar-refractivity contribution in [3.8, 4) is 11.3 Å². The quantitative estimate of drug-likeness (QED) is 0.616. The summed E-state index contributed by atoms with van der Waals surface area (Å²) in [6.45, 7) is 5.11. The summed E-state index contributed by atoms with van der Waals surface area (Å²) in [7, 11) is 2.36. The minimum Gasteiger partial charge on any atom is -0.465 e. The van der Waals surface area contributed by atoms with Crippen LogP contribution >= 0.6 is 0 Å². The zero-order valence-electron chi connectivity index (χ0n) is 15.4. The van der Waals surface area contributed by atoms with Gasteiger partial charge in [-0.3, -0.25) is 0 Å². The number of aromatic nitrogens is 1. The lowest BCUT2D eigenvalue weighted by molar-refractivity contribution is 0.0478. The van der Waals surface area contributed by atoms with Gasteiger partial charge in [0.15, 0.2) is 5.69 Å². The number of esters is 2. The Morgan fingerprint density at radius 1 is 0.923 bits per heavy atom. The van der Waals surface area contributed by atoms with Gasteiger partial charge in [0.05, 0.1) is 25.5 Å². The molecule has 0 saturated carbocycles. The molecule has 0 aliphatic carbocycles. The van der Waals surface area contributed by atoms with E-state index in [1.54, 1.807) is 45.0 Å². The van der Waals surface area contributed by atoms with Crippen LogP contribution in [0, 0.1) is 0 Å². The maximum atomic E-state index is 12.8. The summed E-state index contributed by atoms with van der Waals surface area (Å²) in [5, 5.41) is 0. The van der Waals surface area contributed by atoms with E-state index in [0.717, 1.165) is 11.7 Å². The van der Waals surface area contributed by atoms with Crippen molar-refractivity contribution in [1.29, 1.82) is 0 Å². The zero-order valence-corrected chi connectivity index (χ0v) is 15.4. The number of benzene rings is 1. The average molecular weight is 359 g/mol. The smallest absolute Gasteiger partial charge is 0.419 e. The molecule has 7 heteroatoms. The van der Waals surface area contributed by atoms with Gasteiger partial charge in [0.2, 0.25) is 0 Å². The van der Waals surface area contributed by atoms with Gasteiger partial charge in [0.25, 0.3) is 0 Å². The topological polar surface area (TPSA) is 83.8 Å². The van der Waals surface area contributed by atoms with Crippen molar-refractivity contribution >= 4 is 18.0 Å². The summed E-state index contributed by atoms with van der Waals surface area (Å²) in [5.41, 5.74) is -0.176. The molecule has 2 rings (SSSR count). The van der Waals surface area contributed by atoms with Crippen molar-refractivity contribution < 1.29 is 28.6 Å². The molecule has 0 spiro atoms. The van der Waals surface area contributed by atoms with Gasteiger partial charge in [-0.1, -0.05) is 30.3 Å². The molecule has 138 valence electrons. The van der Waals surface area contributed by atoms with Crippen molar-refractivity contribution in [2.45, 2.75) is 26.4 Å². The Morgan fingerprint density at radius 3 is 2.00 bits per heavy atom. The maximum absolute atomic E-state index is 12.8. The first-order chi connectivity index (χ1) is 12.2. The standard InChI is InChI=1S/C19H21NO6/c1-19(2,3)26-18(23)20-14(12-9-7-6-8-10-12)11-13(16(21)24-4)15(20)17(22)25-5/h6-11H,1-5H3. The number of hydrogen-bond donors (Lipinski definition) is 0. The number of methoxy groups -OCH3 is 2. The molecule has 0 amide bonds. The third kappa shape index (κ3) is 3.93. The van der Waals surface area contributed by atoms with E-state index in [9.17, 15) is 14.4 Å². The predicted molar refractivity (Wildman–Crippen MR) is 94.2 cm³/mol.